The number of carbonyl (C=O) groups is 1. The number of carbonyl (C=O) groups excluding carboxylic acids is 1. The molecular formula is C22H25NO3. The highest BCUT2D eigenvalue weighted by atomic mass is 16.6. The highest BCUT2D eigenvalue weighted by Crippen LogP contribution is 2.36. The quantitative estimate of drug-likeness (QED) is 0.913. The van der Waals surface area contributed by atoms with Crippen LogP contribution in [0.3, 0.4) is 0 Å². The molecule has 0 bridgehead atoms. The second-order valence-corrected chi connectivity index (χ2v) is 7.37. The van der Waals surface area contributed by atoms with E-state index in [4.69, 9.17) is 9.47 Å². The van der Waals surface area contributed by atoms with Crippen molar-refractivity contribution in [2.45, 2.75) is 37.9 Å². The molecule has 2 atom stereocenters. The van der Waals surface area contributed by atoms with Crippen LogP contribution in [0, 0.1) is 6.92 Å². The molecule has 26 heavy (non-hydrogen) atoms. The van der Waals surface area contributed by atoms with Crippen LogP contribution in [0.1, 0.15) is 35.2 Å². The fourth-order valence-corrected chi connectivity index (χ4v) is 3.90. The van der Waals surface area contributed by atoms with Crippen LogP contribution in [0.5, 0.6) is 0 Å². The summed E-state index contributed by atoms with van der Waals surface area (Å²) in [7, 11) is 0. The van der Waals surface area contributed by atoms with Crippen molar-refractivity contribution < 1.29 is 14.3 Å². The fourth-order valence-electron chi connectivity index (χ4n) is 3.90. The summed E-state index contributed by atoms with van der Waals surface area (Å²) < 4.78 is 11.7. The minimum absolute atomic E-state index is 0.0347. The molecule has 2 saturated heterocycles. The van der Waals surface area contributed by atoms with Crippen molar-refractivity contribution in [1.82, 2.24) is 5.32 Å². The van der Waals surface area contributed by atoms with Gasteiger partial charge >= 0.3 is 0 Å². The zero-order valence-electron chi connectivity index (χ0n) is 15.2. The van der Waals surface area contributed by atoms with Crippen LogP contribution in [-0.4, -0.2) is 37.4 Å². The Morgan fingerprint density at radius 1 is 1.15 bits per heavy atom. The van der Waals surface area contributed by atoms with Crippen molar-refractivity contribution in [1.29, 1.82) is 0 Å². The number of ether oxygens (including phenoxy) is 2. The van der Waals surface area contributed by atoms with E-state index in [0.717, 1.165) is 48.1 Å². The van der Waals surface area contributed by atoms with Crippen LogP contribution in [0.15, 0.2) is 48.5 Å². The van der Waals surface area contributed by atoms with Gasteiger partial charge in [-0.3, -0.25) is 4.79 Å². The predicted octanol–water partition coefficient (Wildman–Crippen LogP) is 3.73. The molecule has 4 rings (SSSR count). The van der Waals surface area contributed by atoms with Gasteiger partial charge in [-0.05, 0) is 42.5 Å². The number of amides is 1. The minimum atomic E-state index is -0.0987. The lowest BCUT2D eigenvalue weighted by Crippen LogP contribution is -2.35. The largest absolute Gasteiger partial charge is 0.378 e. The lowest BCUT2D eigenvalue weighted by molar-refractivity contribution is -0.0428. The number of nitrogens with one attached hydrogen (secondary N) is 1. The van der Waals surface area contributed by atoms with Crippen LogP contribution in [-0.2, 0) is 9.47 Å². The Labute approximate surface area is 154 Å². The molecule has 4 nitrogen and oxygen atoms in total. The van der Waals surface area contributed by atoms with Crippen LogP contribution in [0.25, 0.3) is 11.1 Å². The Hall–Kier alpha value is -2.17. The number of hydrogen-bond acceptors (Lipinski definition) is 3. The van der Waals surface area contributed by atoms with E-state index in [0.29, 0.717) is 13.2 Å². The summed E-state index contributed by atoms with van der Waals surface area (Å²) in [6.45, 7) is 4.00. The molecule has 4 heteroatoms. The van der Waals surface area contributed by atoms with Gasteiger partial charge in [-0.2, -0.15) is 0 Å². The summed E-state index contributed by atoms with van der Waals surface area (Å²) in [6, 6.07) is 16.2. The maximum atomic E-state index is 12.7. The highest BCUT2D eigenvalue weighted by molar-refractivity contribution is 5.96. The summed E-state index contributed by atoms with van der Waals surface area (Å²) in [4.78, 5) is 12.7. The monoisotopic (exact) mass is 351 g/mol. The van der Waals surface area contributed by atoms with E-state index in [9.17, 15) is 4.79 Å². The van der Waals surface area contributed by atoms with Crippen molar-refractivity contribution in [2.24, 2.45) is 0 Å². The van der Waals surface area contributed by atoms with Gasteiger partial charge in [-0.1, -0.05) is 42.5 Å². The van der Waals surface area contributed by atoms with Gasteiger partial charge in [0.1, 0.15) is 0 Å². The first-order chi connectivity index (χ1) is 12.7. The van der Waals surface area contributed by atoms with Crippen molar-refractivity contribution in [3.05, 3.63) is 59.7 Å². The molecule has 2 aliphatic heterocycles. The van der Waals surface area contributed by atoms with Crippen LogP contribution >= 0.6 is 0 Å². The molecule has 0 saturated carbocycles. The number of hydrogen-bond donors (Lipinski definition) is 1. The van der Waals surface area contributed by atoms with Gasteiger partial charge in [0.25, 0.3) is 5.91 Å². The van der Waals surface area contributed by atoms with Gasteiger partial charge in [0.15, 0.2) is 0 Å². The second kappa shape index (κ2) is 7.22. The Bertz CT molecular complexity index is 781. The average molecular weight is 351 g/mol. The molecule has 0 radical (unpaired) electrons. The Balaban J connectivity index is 1.42. The third-order valence-electron chi connectivity index (χ3n) is 5.49. The van der Waals surface area contributed by atoms with Crippen LogP contribution < -0.4 is 5.32 Å². The molecule has 0 aromatic heterocycles. The average Bonchev–Trinajstić information content (AvgIpc) is 3.30. The van der Waals surface area contributed by atoms with Gasteiger partial charge in [-0.25, -0.2) is 0 Å². The molecule has 2 aromatic carbocycles. The van der Waals surface area contributed by atoms with Gasteiger partial charge in [0.05, 0.1) is 18.3 Å². The SMILES string of the molecule is Cc1ccc(-c2ccccc2)cc1C(=O)NCC1CCC2(CCOC2)O1. The normalized spacial score (nSPS) is 24.9. The van der Waals surface area contributed by atoms with Crippen molar-refractivity contribution >= 4 is 5.91 Å². The standard InChI is InChI=1S/C22H25NO3/c1-16-7-8-18(17-5-3-2-4-6-17)13-20(16)21(24)23-14-19-9-10-22(26-19)11-12-25-15-22/h2-8,13,19H,9-12,14-15H2,1H3,(H,23,24). The second-order valence-electron chi connectivity index (χ2n) is 7.37. The maximum Gasteiger partial charge on any atom is 0.251 e. The molecule has 2 aromatic rings. The van der Waals surface area contributed by atoms with Crippen LogP contribution in [0.2, 0.25) is 0 Å². The van der Waals surface area contributed by atoms with Crippen molar-refractivity contribution in [3.8, 4) is 11.1 Å². The molecule has 1 N–H and O–H groups in total. The van der Waals surface area contributed by atoms with E-state index in [1.165, 1.54) is 0 Å². The Morgan fingerprint density at radius 3 is 2.77 bits per heavy atom. The van der Waals surface area contributed by atoms with Gasteiger partial charge in [-0.15, -0.1) is 0 Å². The summed E-state index contributed by atoms with van der Waals surface area (Å²) in [6.07, 6.45) is 3.05. The molecule has 2 aliphatic rings. The van der Waals surface area contributed by atoms with Gasteiger partial charge in [0, 0.05) is 25.1 Å². The topological polar surface area (TPSA) is 47.6 Å². The molecule has 2 fully saturated rings. The number of aryl methyl sites for hydroxylation is 1. The number of rotatable bonds is 4. The highest BCUT2D eigenvalue weighted by Gasteiger charge is 2.43. The van der Waals surface area contributed by atoms with Gasteiger partial charge in [0.2, 0.25) is 0 Å². The molecule has 0 aliphatic carbocycles. The third kappa shape index (κ3) is 3.53. The summed E-state index contributed by atoms with van der Waals surface area (Å²) in [5.41, 5.74) is 3.78. The van der Waals surface area contributed by atoms with E-state index in [2.05, 4.69) is 23.5 Å². The third-order valence-corrected chi connectivity index (χ3v) is 5.49. The molecule has 2 unspecified atom stereocenters. The maximum absolute atomic E-state index is 12.7. The molecule has 136 valence electrons. The van der Waals surface area contributed by atoms with E-state index in [-0.39, 0.29) is 17.6 Å². The number of benzene rings is 2. The fraction of sp³-hybridized carbons (Fsp3) is 0.409. The smallest absolute Gasteiger partial charge is 0.251 e. The van der Waals surface area contributed by atoms with Crippen molar-refractivity contribution in [3.63, 3.8) is 0 Å². The first-order valence-corrected chi connectivity index (χ1v) is 9.35. The zero-order valence-corrected chi connectivity index (χ0v) is 15.2. The molecule has 2 heterocycles. The first-order valence-electron chi connectivity index (χ1n) is 9.35. The lowest BCUT2D eigenvalue weighted by atomic mass is 9.99. The van der Waals surface area contributed by atoms with Gasteiger partial charge < -0.3 is 14.8 Å². The minimum Gasteiger partial charge on any atom is -0.378 e. The first kappa shape index (κ1) is 17.3. The van der Waals surface area contributed by atoms with Crippen LogP contribution in [0.4, 0.5) is 0 Å². The lowest BCUT2D eigenvalue weighted by Gasteiger charge is -2.22. The molecular weight excluding hydrogens is 326 g/mol. The van der Waals surface area contributed by atoms with E-state index in [1.807, 2.05) is 37.3 Å². The molecule has 1 spiro atoms. The molecule has 1 amide bonds. The Kier molecular flexibility index (Phi) is 4.79. The van der Waals surface area contributed by atoms with E-state index >= 15 is 0 Å². The zero-order chi connectivity index (χ0) is 18.0. The summed E-state index contributed by atoms with van der Waals surface area (Å²) in [5, 5.41) is 3.06. The van der Waals surface area contributed by atoms with E-state index in [1.54, 1.807) is 0 Å². The van der Waals surface area contributed by atoms with Crippen molar-refractivity contribution in [2.75, 3.05) is 19.8 Å². The Morgan fingerprint density at radius 2 is 2.00 bits per heavy atom. The summed E-state index contributed by atoms with van der Waals surface area (Å²) >= 11 is 0. The van der Waals surface area contributed by atoms with E-state index < -0.39 is 0 Å². The summed E-state index contributed by atoms with van der Waals surface area (Å²) in [5.74, 6) is -0.0347. The predicted molar refractivity (Wildman–Crippen MR) is 101 cm³/mol.